The minimum atomic E-state index is 0.830. The second-order valence-corrected chi connectivity index (χ2v) is 3.67. The maximum absolute atomic E-state index is 4.45. The smallest absolute Gasteiger partial charge is 0.115 e. The lowest BCUT2D eigenvalue weighted by atomic mass is 10.2. The second kappa shape index (κ2) is 4.90. The van der Waals surface area contributed by atoms with Gasteiger partial charge in [-0.15, -0.1) is 0 Å². The molecule has 16 heavy (non-hydrogen) atoms. The van der Waals surface area contributed by atoms with Crippen LogP contribution in [-0.2, 0) is 13.6 Å². The molecule has 0 unspecified atom stereocenters. The third-order valence-corrected chi connectivity index (χ3v) is 2.38. The molecule has 84 valence electrons. The Bertz CT molecular complexity index is 447. The Hall–Kier alpha value is -1.68. The summed E-state index contributed by atoms with van der Waals surface area (Å²) >= 11 is 0. The van der Waals surface area contributed by atoms with Gasteiger partial charge in [0.05, 0.1) is 5.69 Å². The molecule has 2 rings (SSSR count). The molecule has 0 aliphatic carbocycles. The largest absolute Gasteiger partial charge is 0.313 e. The van der Waals surface area contributed by atoms with Crippen molar-refractivity contribution < 1.29 is 0 Å². The van der Waals surface area contributed by atoms with Gasteiger partial charge in [0.1, 0.15) is 5.69 Å². The van der Waals surface area contributed by atoms with Crippen molar-refractivity contribution in [1.82, 2.24) is 20.1 Å². The van der Waals surface area contributed by atoms with Crippen molar-refractivity contribution in [3.05, 3.63) is 36.2 Å². The topological polar surface area (TPSA) is 42.7 Å². The predicted molar refractivity (Wildman–Crippen MR) is 63.8 cm³/mol. The third-order valence-electron chi connectivity index (χ3n) is 2.38. The number of hydrogen-bond acceptors (Lipinski definition) is 3. The second-order valence-electron chi connectivity index (χ2n) is 3.67. The first kappa shape index (κ1) is 10.8. The normalized spacial score (nSPS) is 10.6. The van der Waals surface area contributed by atoms with Gasteiger partial charge in [-0.05, 0) is 18.7 Å². The Morgan fingerprint density at radius 3 is 2.94 bits per heavy atom. The number of aromatic nitrogens is 3. The number of hydrogen-bond donors (Lipinski definition) is 1. The molecular weight excluding hydrogens is 200 g/mol. The molecule has 0 fully saturated rings. The van der Waals surface area contributed by atoms with Crippen LogP contribution < -0.4 is 5.32 Å². The molecular formula is C12H16N4. The summed E-state index contributed by atoms with van der Waals surface area (Å²) in [6.45, 7) is 3.88. The fraction of sp³-hybridized carbons (Fsp3) is 0.333. The molecule has 2 aromatic rings. The number of nitrogens with zero attached hydrogens (tertiary/aromatic N) is 3. The van der Waals surface area contributed by atoms with E-state index in [2.05, 4.69) is 22.3 Å². The van der Waals surface area contributed by atoms with E-state index in [-0.39, 0.29) is 0 Å². The monoisotopic (exact) mass is 216 g/mol. The minimum Gasteiger partial charge on any atom is -0.313 e. The first-order valence-electron chi connectivity index (χ1n) is 5.46. The van der Waals surface area contributed by atoms with Crippen LogP contribution in [0, 0.1) is 0 Å². The molecule has 1 N–H and O–H groups in total. The van der Waals surface area contributed by atoms with E-state index in [4.69, 9.17) is 0 Å². The van der Waals surface area contributed by atoms with Crippen molar-refractivity contribution in [2.45, 2.75) is 13.5 Å². The van der Waals surface area contributed by atoms with Crippen LogP contribution in [0.1, 0.15) is 12.5 Å². The Morgan fingerprint density at radius 2 is 2.25 bits per heavy atom. The highest BCUT2D eigenvalue weighted by atomic mass is 15.3. The SMILES string of the molecule is CCNCc1cn(C)nc1-c1ccccn1. The molecule has 0 spiro atoms. The molecule has 2 aromatic heterocycles. The molecule has 0 aliphatic rings. The van der Waals surface area contributed by atoms with Crippen LogP contribution in [0.15, 0.2) is 30.6 Å². The average Bonchev–Trinajstić information content (AvgIpc) is 2.69. The van der Waals surface area contributed by atoms with Gasteiger partial charge in [-0.2, -0.15) is 5.10 Å². The molecule has 0 bridgehead atoms. The van der Waals surface area contributed by atoms with Crippen LogP contribution in [0.4, 0.5) is 0 Å². The van der Waals surface area contributed by atoms with Crippen molar-refractivity contribution >= 4 is 0 Å². The van der Waals surface area contributed by atoms with Crippen LogP contribution in [0.5, 0.6) is 0 Å². The zero-order valence-electron chi connectivity index (χ0n) is 9.64. The van der Waals surface area contributed by atoms with Gasteiger partial charge in [-0.1, -0.05) is 13.0 Å². The summed E-state index contributed by atoms with van der Waals surface area (Å²) < 4.78 is 1.83. The molecule has 2 heterocycles. The lowest BCUT2D eigenvalue weighted by molar-refractivity contribution is 0.724. The van der Waals surface area contributed by atoms with E-state index in [1.54, 1.807) is 6.20 Å². The van der Waals surface area contributed by atoms with Gasteiger partial charge in [-0.3, -0.25) is 9.67 Å². The Balaban J connectivity index is 2.33. The molecule has 0 saturated carbocycles. The summed E-state index contributed by atoms with van der Waals surface area (Å²) in [4.78, 5) is 4.33. The van der Waals surface area contributed by atoms with E-state index in [0.29, 0.717) is 0 Å². The lowest BCUT2D eigenvalue weighted by Gasteiger charge is -2.01. The highest BCUT2D eigenvalue weighted by molar-refractivity contribution is 5.57. The predicted octanol–water partition coefficient (Wildman–Crippen LogP) is 1.59. The van der Waals surface area contributed by atoms with Crippen LogP contribution in [0.3, 0.4) is 0 Å². The van der Waals surface area contributed by atoms with Crippen LogP contribution in [0.25, 0.3) is 11.4 Å². The van der Waals surface area contributed by atoms with Gasteiger partial charge in [-0.25, -0.2) is 0 Å². The fourth-order valence-corrected chi connectivity index (χ4v) is 1.65. The lowest BCUT2D eigenvalue weighted by Crippen LogP contribution is -2.11. The van der Waals surface area contributed by atoms with Crippen LogP contribution in [0.2, 0.25) is 0 Å². The number of rotatable bonds is 4. The van der Waals surface area contributed by atoms with Crippen molar-refractivity contribution in [2.24, 2.45) is 7.05 Å². The highest BCUT2D eigenvalue weighted by Crippen LogP contribution is 2.18. The molecule has 0 radical (unpaired) electrons. The van der Waals surface area contributed by atoms with Gasteiger partial charge in [0.25, 0.3) is 0 Å². The maximum Gasteiger partial charge on any atom is 0.115 e. The quantitative estimate of drug-likeness (QED) is 0.844. The van der Waals surface area contributed by atoms with E-state index in [1.165, 1.54) is 5.56 Å². The Kier molecular flexibility index (Phi) is 3.31. The Morgan fingerprint density at radius 1 is 1.38 bits per heavy atom. The number of pyridine rings is 1. The van der Waals surface area contributed by atoms with Gasteiger partial charge in [0, 0.05) is 31.5 Å². The van der Waals surface area contributed by atoms with Crippen molar-refractivity contribution in [1.29, 1.82) is 0 Å². The van der Waals surface area contributed by atoms with Crippen molar-refractivity contribution in [2.75, 3.05) is 6.54 Å². The summed E-state index contributed by atoms with van der Waals surface area (Å²) in [6.07, 6.45) is 3.83. The summed E-state index contributed by atoms with van der Waals surface area (Å²) in [7, 11) is 1.93. The summed E-state index contributed by atoms with van der Waals surface area (Å²) in [5.41, 5.74) is 3.07. The first-order chi connectivity index (χ1) is 7.81. The fourth-order valence-electron chi connectivity index (χ4n) is 1.65. The molecule has 0 atom stereocenters. The van der Waals surface area contributed by atoms with Gasteiger partial charge >= 0.3 is 0 Å². The molecule has 0 saturated heterocycles. The minimum absolute atomic E-state index is 0.830. The number of nitrogens with one attached hydrogen (secondary N) is 1. The molecule has 4 nitrogen and oxygen atoms in total. The summed E-state index contributed by atoms with van der Waals surface area (Å²) in [5, 5.41) is 7.75. The van der Waals surface area contributed by atoms with Crippen molar-refractivity contribution in [3.63, 3.8) is 0 Å². The molecule has 4 heteroatoms. The van der Waals surface area contributed by atoms with Gasteiger partial charge in [0.15, 0.2) is 0 Å². The van der Waals surface area contributed by atoms with Gasteiger partial charge < -0.3 is 5.32 Å². The molecule has 0 aromatic carbocycles. The zero-order chi connectivity index (χ0) is 11.4. The summed E-state index contributed by atoms with van der Waals surface area (Å²) in [5.74, 6) is 0. The number of aryl methyl sites for hydroxylation is 1. The van der Waals surface area contributed by atoms with E-state index < -0.39 is 0 Å². The first-order valence-corrected chi connectivity index (χ1v) is 5.46. The van der Waals surface area contributed by atoms with Crippen molar-refractivity contribution in [3.8, 4) is 11.4 Å². The molecule has 0 aliphatic heterocycles. The van der Waals surface area contributed by atoms with E-state index in [0.717, 1.165) is 24.5 Å². The van der Waals surface area contributed by atoms with Crippen LogP contribution >= 0.6 is 0 Å². The van der Waals surface area contributed by atoms with Crippen LogP contribution in [-0.4, -0.2) is 21.3 Å². The summed E-state index contributed by atoms with van der Waals surface area (Å²) in [6, 6.07) is 5.88. The van der Waals surface area contributed by atoms with E-state index >= 15 is 0 Å². The molecule has 0 amide bonds. The maximum atomic E-state index is 4.45. The zero-order valence-corrected chi connectivity index (χ0v) is 9.64. The van der Waals surface area contributed by atoms with Gasteiger partial charge in [0.2, 0.25) is 0 Å². The van der Waals surface area contributed by atoms with E-state index in [9.17, 15) is 0 Å². The van der Waals surface area contributed by atoms with E-state index in [1.807, 2.05) is 36.1 Å². The average molecular weight is 216 g/mol. The Labute approximate surface area is 95.3 Å². The highest BCUT2D eigenvalue weighted by Gasteiger charge is 2.09. The third kappa shape index (κ3) is 2.28. The standard InChI is InChI=1S/C12H16N4/c1-3-13-8-10-9-16(2)15-12(10)11-6-4-5-7-14-11/h4-7,9,13H,3,8H2,1-2H3.